The molecule has 0 aliphatic carbocycles. The summed E-state index contributed by atoms with van der Waals surface area (Å²) >= 11 is 5.85. The molecule has 0 N–H and O–H groups in total. The average Bonchev–Trinajstić information content (AvgIpc) is 2.28. The van der Waals surface area contributed by atoms with Crippen molar-refractivity contribution in [3.63, 3.8) is 0 Å². The minimum absolute atomic E-state index is 0.00556. The Morgan fingerprint density at radius 2 is 1.94 bits per heavy atom. The maximum atomic E-state index is 5.85. The predicted octanol–water partition coefficient (Wildman–Crippen LogP) is 1.15. The molecule has 2 heterocycles. The van der Waals surface area contributed by atoms with E-state index in [-0.39, 0.29) is 17.4 Å². The minimum Gasteiger partial charge on any atom is -0.461 e. The lowest BCUT2D eigenvalue weighted by Crippen LogP contribution is -2.37. The zero-order valence-electron chi connectivity index (χ0n) is 9.89. The van der Waals surface area contributed by atoms with Crippen LogP contribution in [0.1, 0.15) is 13.8 Å². The number of morpholine rings is 1. The zero-order chi connectivity index (χ0) is 12.3. The van der Waals surface area contributed by atoms with Gasteiger partial charge in [0.25, 0.3) is 0 Å². The van der Waals surface area contributed by atoms with Crippen molar-refractivity contribution in [1.29, 1.82) is 0 Å². The van der Waals surface area contributed by atoms with Crippen LogP contribution in [0.2, 0.25) is 5.28 Å². The van der Waals surface area contributed by atoms with Crippen LogP contribution in [0, 0.1) is 0 Å². The van der Waals surface area contributed by atoms with Crippen LogP contribution in [-0.2, 0) is 4.74 Å². The molecule has 1 aliphatic rings. The van der Waals surface area contributed by atoms with E-state index in [2.05, 4.69) is 15.0 Å². The summed E-state index contributed by atoms with van der Waals surface area (Å²) in [4.78, 5) is 14.3. The Hall–Kier alpha value is -1.14. The van der Waals surface area contributed by atoms with E-state index in [9.17, 15) is 0 Å². The molecule has 0 radical (unpaired) electrons. The van der Waals surface area contributed by atoms with Crippen molar-refractivity contribution in [2.24, 2.45) is 0 Å². The molecule has 0 spiro atoms. The SMILES string of the molecule is CC(C)Oc1nc(Cl)nc(N2CCOCC2)n1. The van der Waals surface area contributed by atoms with Gasteiger partial charge in [0.1, 0.15) is 0 Å². The van der Waals surface area contributed by atoms with Gasteiger partial charge in [0.2, 0.25) is 11.2 Å². The van der Waals surface area contributed by atoms with Gasteiger partial charge in [-0.05, 0) is 25.4 Å². The number of anilines is 1. The lowest BCUT2D eigenvalue weighted by Gasteiger charge is -2.26. The van der Waals surface area contributed by atoms with Crippen LogP contribution >= 0.6 is 11.6 Å². The molecule has 0 saturated carbocycles. The molecule has 1 fully saturated rings. The molecule has 1 aromatic rings. The van der Waals surface area contributed by atoms with Crippen LogP contribution in [0.4, 0.5) is 5.95 Å². The number of halogens is 1. The summed E-state index contributed by atoms with van der Waals surface area (Å²) in [5.74, 6) is 0.545. The van der Waals surface area contributed by atoms with Gasteiger partial charge >= 0.3 is 6.01 Å². The monoisotopic (exact) mass is 258 g/mol. The Balaban J connectivity index is 2.18. The highest BCUT2D eigenvalue weighted by atomic mass is 35.5. The van der Waals surface area contributed by atoms with Crippen molar-refractivity contribution in [1.82, 2.24) is 15.0 Å². The number of nitrogens with zero attached hydrogens (tertiary/aromatic N) is 4. The smallest absolute Gasteiger partial charge is 0.322 e. The second-order valence-electron chi connectivity index (χ2n) is 3.95. The molecule has 94 valence electrons. The summed E-state index contributed by atoms with van der Waals surface area (Å²) in [7, 11) is 0. The summed E-state index contributed by atoms with van der Waals surface area (Å²) < 4.78 is 10.7. The van der Waals surface area contributed by atoms with Crippen LogP contribution in [-0.4, -0.2) is 47.4 Å². The van der Waals surface area contributed by atoms with Crippen molar-refractivity contribution in [3.05, 3.63) is 5.28 Å². The Morgan fingerprint density at radius 1 is 1.24 bits per heavy atom. The standard InChI is InChI=1S/C10H15ClN4O2/c1-7(2)17-10-13-8(11)12-9(14-10)15-3-5-16-6-4-15/h7H,3-6H2,1-2H3. The van der Waals surface area contributed by atoms with Gasteiger partial charge in [-0.25, -0.2) is 0 Å². The van der Waals surface area contributed by atoms with Gasteiger partial charge in [-0.3, -0.25) is 0 Å². The topological polar surface area (TPSA) is 60.4 Å². The van der Waals surface area contributed by atoms with Crippen molar-refractivity contribution in [2.75, 3.05) is 31.2 Å². The maximum Gasteiger partial charge on any atom is 0.322 e. The first-order valence-corrected chi connectivity index (χ1v) is 5.94. The van der Waals surface area contributed by atoms with Crippen molar-refractivity contribution >= 4 is 17.5 Å². The third-order valence-electron chi connectivity index (χ3n) is 2.21. The van der Waals surface area contributed by atoms with Crippen LogP contribution in [0.25, 0.3) is 0 Å². The highest BCUT2D eigenvalue weighted by molar-refractivity contribution is 6.28. The van der Waals surface area contributed by atoms with Crippen molar-refractivity contribution in [2.45, 2.75) is 20.0 Å². The fourth-order valence-electron chi connectivity index (χ4n) is 1.49. The number of rotatable bonds is 3. The van der Waals surface area contributed by atoms with Crippen LogP contribution in [0.15, 0.2) is 0 Å². The first-order valence-electron chi connectivity index (χ1n) is 5.56. The van der Waals surface area contributed by atoms with Gasteiger partial charge in [0.15, 0.2) is 0 Å². The van der Waals surface area contributed by atoms with E-state index in [4.69, 9.17) is 21.1 Å². The molecule has 0 unspecified atom stereocenters. The first kappa shape index (κ1) is 12.3. The third kappa shape index (κ3) is 3.41. The lowest BCUT2D eigenvalue weighted by molar-refractivity contribution is 0.121. The normalized spacial score (nSPS) is 16.4. The van der Waals surface area contributed by atoms with Crippen LogP contribution in [0.3, 0.4) is 0 Å². The average molecular weight is 259 g/mol. The molecule has 0 amide bonds. The predicted molar refractivity (Wildman–Crippen MR) is 63.6 cm³/mol. The molecule has 1 saturated heterocycles. The molecule has 1 aromatic heterocycles. The Bertz CT molecular complexity index is 383. The molecule has 1 aliphatic heterocycles. The number of hydrogen-bond donors (Lipinski definition) is 0. The molecule has 6 nitrogen and oxygen atoms in total. The Kier molecular flexibility index (Phi) is 3.96. The second kappa shape index (κ2) is 5.46. The number of hydrogen-bond acceptors (Lipinski definition) is 6. The Labute approximate surface area is 105 Å². The van der Waals surface area contributed by atoms with Gasteiger partial charge in [-0.2, -0.15) is 15.0 Å². The summed E-state index contributed by atoms with van der Waals surface area (Å²) in [5, 5.41) is 0.150. The summed E-state index contributed by atoms with van der Waals surface area (Å²) in [6.07, 6.45) is 0.00556. The van der Waals surface area contributed by atoms with E-state index in [0.717, 1.165) is 13.1 Å². The molecule has 17 heavy (non-hydrogen) atoms. The molecule has 2 rings (SSSR count). The van der Waals surface area contributed by atoms with E-state index in [1.807, 2.05) is 18.7 Å². The zero-order valence-corrected chi connectivity index (χ0v) is 10.6. The third-order valence-corrected chi connectivity index (χ3v) is 2.38. The van der Waals surface area contributed by atoms with Gasteiger partial charge < -0.3 is 14.4 Å². The fraction of sp³-hybridized carbons (Fsp3) is 0.700. The molecular formula is C10H15ClN4O2. The number of ether oxygens (including phenoxy) is 2. The second-order valence-corrected chi connectivity index (χ2v) is 4.29. The molecule has 0 atom stereocenters. The van der Waals surface area contributed by atoms with E-state index < -0.39 is 0 Å². The van der Waals surface area contributed by atoms with Crippen LogP contribution < -0.4 is 9.64 Å². The van der Waals surface area contributed by atoms with Crippen LogP contribution in [0.5, 0.6) is 6.01 Å². The van der Waals surface area contributed by atoms with Crippen molar-refractivity contribution in [3.8, 4) is 6.01 Å². The first-order chi connectivity index (χ1) is 8.15. The van der Waals surface area contributed by atoms with Gasteiger partial charge in [-0.1, -0.05) is 0 Å². The van der Waals surface area contributed by atoms with Crippen molar-refractivity contribution < 1.29 is 9.47 Å². The number of aromatic nitrogens is 3. The van der Waals surface area contributed by atoms with E-state index in [0.29, 0.717) is 19.2 Å². The Morgan fingerprint density at radius 3 is 2.59 bits per heavy atom. The largest absolute Gasteiger partial charge is 0.461 e. The quantitative estimate of drug-likeness (QED) is 0.811. The summed E-state index contributed by atoms with van der Waals surface area (Å²) in [6, 6.07) is 0.265. The molecule has 7 heteroatoms. The van der Waals surface area contributed by atoms with Gasteiger partial charge in [-0.15, -0.1) is 0 Å². The highest BCUT2D eigenvalue weighted by Crippen LogP contribution is 2.16. The summed E-state index contributed by atoms with van der Waals surface area (Å²) in [5.41, 5.74) is 0. The van der Waals surface area contributed by atoms with Gasteiger partial charge in [0, 0.05) is 13.1 Å². The molecule has 0 aromatic carbocycles. The maximum absolute atomic E-state index is 5.85. The minimum atomic E-state index is 0.00556. The lowest BCUT2D eigenvalue weighted by atomic mass is 10.4. The summed E-state index contributed by atoms with van der Waals surface area (Å²) in [6.45, 7) is 6.66. The fourth-order valence-corrected chi connectivity index (χ4v) is 1.64. The van der Waals surface area contributed by atoms with E-state index in [1.54, 1.807) is 0 Å². The van der Waals surface area contributed by atoms with Gasteiger partial charge in [0.05, 0.1) is 19.3 Å². The highest BCUT2D eigenvalue weighted by Gasteiger charge is 2.16. The molecular weight excluding hydrogens is 244 g/mol. The molecule has 0 bridgehead atoms. The van der Waals surface area contributed by atoms with E-state index in [1.165, 1.54) is 0 Å². The van der Waals surface area contributed by atoms with E-state index >= 15 is 0 Å².